The molecular formula is C26H28ClN3O5. The Morgan fingerprint density at radius 2 is 1.86 bits per heavy atom. The smallest absolute Gasteiger partial charge is 0.407 e. The quantitative estimate of drug-likeness (QED) is 0.368. The maximum absolute atomic E-state index is 12.5. The summed E-state index contributed by atoms with van der Waals surface area (Å²) in [5, 5.41) is 23.9. The van der Waals surface area contributed by atoms with Crippen LogP contribution in [0.3, 0.4) is 0 Å². The lowest BCUT2D eigenvalue weighted by molar-refractivity contribution is 0.101. The number of methoxy groups -OCH3 is 1. The first-order chi connectivity index (χ1) is 16.7. The molecular weight excluding hydrogens is 470 g/mol. The Balaban J connectivity index is 1.71. The minimum absolute atomic E-state index is 0.00663. The molecule has 2 aromatic carbocycles. The number of Topliss-reactive ketones (excluding diaryl/α,β-unsaturated/α-hetero) is 1. The van der Waals surface area contributed by atoms with Gasteiger partial charge < -0.3 is 25.2 Å². The normalized spacial score (nSPS) is 17.7. The van der Waals surface area contributed by atoms with Gasteiger partial charge in [-0.2, -0.15) is 0 Å². The summed E-state index contributed by atoms with van der Waals surface area (Å²) >= 11 is 6.21. The van der Waals surface area contributed by atoms with Gasteiger partial charge in [-0.3, -0.25) is 9.78 Å². The van der Waals surface area contributed by atoms with E-state index in [9.17, 15) is 19.8 Å². The molecule has 0 aliphatic heterocycles. The Kier molecular flexibility index (Phi) is 7.03. The SMILES string of the molecule is COc1cc(-c2ccc3ncc(C(C)=O)c(N[C@H]4CC[C@H](N(C)C(=O)O)CC4)c3c2)cc(Cl)c1O. The van der Waals surface area contributed by atoms with Crippen molar-refractivity contribution in [2.24, 2.45) is 0 Å². The molecule has 4 rings (SSSR count). The summed E-state index contributed by atoms with van der Waals surface area (Å²) in [6.07, 6.45) is 3.74. The molecule has 1 amide bonds. The third-order valence-electron chi connectivity index (χ3n) is 6.72. The first kappa shape index (κ1) is 24.6. The molecule has 3 N–H and O–H groups in total. The van der Waals surface area contributed by atoms with E-state index in [4.69, 9.17) is 16.3 Å². The Bertz CT molecular complexity index is 1290. The van der Waals surface area contributed by atoms with Gasteiger partial charge in [-0.15, -0.1) is 0 Å². The number of rotatable bonds is 6. The molecule has 8 nitrogen and oxygen atoms in total. The van der Waals surface area contributed by atoms with Gasteiger partial charge in [0.15, 0.2) is 17.3 Å². The summed E-state index contributed by atoms with van der Waals surface area (Å²) in [5.41, 5.74) is 3.53. The number of carboxylic acid groups (broad SMARTS) is 1. The zero-order valence-corrected chi connectivity index (χ0v) is 20.6. The van der Waals surface area contributed by atoms with Crippen molar-refractivity contribution >= 4 is 40.1 Å². The summed E-state index contributed by atoms with van der Waals surface area (Å²) in [5.74, 6) is 0.0522. The average Bonchev–Trinajstić information content (AvgIpc) is 2.85. The number of carbonyl (C=O) groups excluding carboxylic acids is 1. The van der Waals surface area contributed by atoms with Gasteiger partial charge in [-0.1, -0.05) is 17.7 Å². The van der Waals surface area contributed by atoms with Crippen molar-refractivity contribution in [1.82, 2.24) is 9.88 Å². The molecule has 0 radical (unpaired) electrons. The van der Waals surface area contributed by atoms with Gasteiger partial charge in [0.25, 0.3) is 0 Å². The molecule has 9 heteroatoms. The summed E-state index contributed by atoms with van der Waals surface area (Å²) in [6.45, 7) is 1.52. The number of pyridine rings is 1. The molecule has 0 spiro atoms. The Labute approximate surface area is 208 Å². The number of aromatic hydroxyl groups is 1. The van der Waals surface area contributed by atoms with Gasteiger partial charge >= 0.3 is 6.09 Å². The lowest BCUT2D eigenvalue weighted by Gasteiger charge is -2.34. The highest BCUT2D eigenvalue weighted by Crippen LogP contribution is 2.40. The number of nitrogens with one attached hydrogen (secondary N) is 1. The van der Waals surface area contributed by atoms with Crippen molar-refractivity contribution in [2.75, 3.05) is 19.5 Å². The Morgan fingerprint density at radius 3 is 2.49 bits per heavy atom. The lowest BCUT2D eigenvalue weighted by atomic mass is 9.89. The van der Waals surface area contributed by atoms with E-state index in [2.05, 4.69) is 10.3 Å². The van der Waals surface area contributed by atoms with Gasteiger partial charge in [0, 0.05) is 30.7 Å². The van der Waals surface area contributed by atoms with Crippen LogP contribution in [0.15, 0.2) is 36.5 Å². The fraction of sp³-hybridized carbons (Fsp3) is 0.346. The molecule has 0 unspecified atom stereocenters. The van der Waals surface area contributed by atoms with Crippen molar-refractivity contribution in [1.29, 1.82) is 0 Å². The van der Waals surface area contributed by atoms with Crippen LogP contribution in [0.2, 0.25) is 5.02 Å². The van der Waals surface area contributed by atoms with Crippen LogP contribution in [0.25, 0.3) is 22.0 Å². The second kappa shape index (κ2) is 10.00. The number of phenols is 1. The van der Waals surface area contributed by atoms with Crippen LogP contribution in [-0.4, -0.2) is 58.2 Å². The van der Waals surface area contributed by atoms with Crippen molar-refractivity contribution in [3.63, 3.8) is 0 Å². The van der Waals surface area contributed by atoms with Crippen molar-refractivity contribution in [3.8, 4) is 22.6 Å². The molecule has 1 aromatic heterocycles. The predicted molar refractivity (Wildman–Crippen MR) is 136 cm³/mol. The number of aromatic nitrogens is 1. The van der Waals surface area contributed by atoms with E-state index >= 15 is 0 Å². The van der Waals surface area contributed by atoms with Gasteiger partial charge in [0.05, 0.1) is 28.9 Å². The fourth-order valence-corrected chi connectivity index (χ4v) is 4.87. The van der Waals surface area contributed by atoms with Crippen LogP contribution in [0.5, 0.6) is 11.5 Å². The molecule has 0 bridgehead atoms. The average molecular weight is 498 g/mol. The van der Waals surface area contributed by atoms with Crippen molar-refractivity contribution in [3.05, 3.63) is 47.1 Å². The summed E-state index contributed by atoms with van der Waals surface area (Å²) in [7, 11) is 3.07. The third-order valence-corrected chi connectivity index (χ3v) is 7.01. The number of ketones is 1. The minimum Gasteiger partial charge on any atom is -0.503 e. The first-order valence-electron chi connectivity index (χ1n) is 11.4. The van der Waals surface area contributed by atoms with Crippen LogP contribution in [0.1, 0.15) is 43.0 Å². The summed E-state index contributed by atoms with van der Waals surface area (Å²) < 4.78 is 5.25. The topological polar surface area (TPSA) is 112 Å². The lowest BCUT2D eigenvalue weighted by Crippen LogP contribution is -2.41. The number of hydrogen-bond acceptors (Lipinski definition) is 6. The zero-order valence-electron chi connectivity index (χ0n) is 19.8. The second-order valence-electron chi connectivity index (χ2n) is 8.89. The van der Waals surface area contributed by atoms with Crippen LogP contribution in [0.4, 0.5) is 10.5 Å². The number of hydrogen-bond donors (Lipinski definition) is 3. The number of phenolic OH excluding ortho intramolecular Hbond substituents is 1. The molecule has 1 heterocycles. The first-order valence-corrected chi connectivity index (χ1v) is 11.8. The highest BCUT2D eigenvalue weighted by atomic mass is 35.5. The number of nitrogens with zero attached hydrogens (tertiary/aromatic N) is 2. The molecule has 3 aromatic rings. The van der Waals surface area contributed by atoms with Crippen LogP contribution in [-0.2, 0) is 0 Å². The molecule has 0 atom stereocenters. The molecule has 1 fully saturated rings. The fourth-order valence-electron chi connectivity index (χ4n) is 4.66. The summed E-state index contributed by atoms with van der Waals surface area (Å²) in [4.78, 5) is 29.6. The van der Waals surface area contributed by atoms with Crippen LogP contribution in [0, 0.1) is 0 Å². The van der Waals surface area contributed by atoms with Crippen molar-refractivity contribution in [2.45, 2.75) is 44.7 Å². The number of carbonyl (C=O) groups is 2. The van der Waals surface area contributed by atoms with E-state index in [0.29, 0.717) is 5.56 Å². The van der Waals surface area contributed by atoms with E-state index in [1.807, 2.05) is 18.2 Å². The Morgan fingerprint density at radius 1 is 1.14 bits per heavy atom. The second-order valence-corrected chi connectivity index (χ2v) is 9.29. The number of benzene rings is 2. The van der Waals surface area contributed by atoms with Gasteiger partial charge in [0.2, 0.25) is 0 Å². The Hall–Kier alpha value is -3.52. The number of halogens is 1. The molecule has 35 heavy (non-hydrogen) atoms. The number of anilines is 1. The standard InChI is InChI=1S/C26H28ClN3O5/c1-14(31)20-13-28-22-9-4-15(16-11-21(27)25(32)23(12-16)35-3)10-19(22)24(20)29-17-5-7-18(8-6-17)30(2)26(33)34/h4,9-13,17-18,32H,5-8H2,1-3H3,(H,28,29)(H,33,34)/t17-,18-. The van der Waals surface area contributed by atoms with Gasteiger partial charge in [0.1, 0.15) is 0 Å². The minimum atomic E-state index is -0.918. The van der Waals surface area contributed by atoms with E-state index in [1.165, 1.54) is 18.9 Å². The molecule has 184 valence electrons. The van der Waals surface area contributed by atoms with Crippen molar-refractivity contribution < 1.29 is 24.5 Å². The van der Waals surface area contributed by atoms with Crippen LogP contribution < -0.4 is 10.1 Å². The monoisotopic (exact) mass is 497 g/mol. The zero-order chi connectivity index (χ0) is 25.3. The van der Waals surface area contributed by atoms with E-state index in [1.54, 1.807) is 25.4 Å². The van der Waals surface area contributed by atoms with E-state index in [0.717, 1.165) is 53.4 Å². The highest BCUT2D eigenvalue weighted by molar-refractivity contribution is 6.32. The van der Waals surface area contributed by atoms with Gasteiger partial charge in [-0.25, -0.2) is 4.79 Å². The molecule has 1 aliphatic rings. The summed E-state index contributed by atoms with van der Waals surface area (Å²) in [6, 6.07) is 9.20. The molecule has 1 saturated carbocycles. The number of amides is 1. The van der Waals surface area contributed by atoms with E-state index < -0.39 is 6.09 Å². The predicted octanol–water partition coefficient (Wildman–Crippen LogP) is 5.80. The maximum Gasteiger partial charge on any atom is 0.407 e. The molecule has 1 aliphatic carbocycles. The molecule has 0 saturated heterocycles. The maximum atomic E-state index is 12.5. The number of fused-ring (bicyclic) bond motifs is 1. The largest absolute Gasteiger partial charge is 0.503 e. The van der Waals surface area contributed by atoms with Crippen LogP contribution >= 0.6 is 11.6 Å². The highest BCUT2D eigenvalue weighted by Gasteiger charge is 2.27. The van der Waals surface area contributed by atoms with E-state index in [-0.39, 0.29) is 34.4 Å². The number of ether oxygens (including phenoxy) is 1. The van der Waals surface area contributed by atoms with Gasteiger partial charge in [-0.05, 0) is 68.0 Å². The third kappa shape index (κ3) is 4.98.